The second kappa shape index (κ2) is 4.09. The van der Waals surface area contributed by atoms with Gasteiger partial charge >= 0.3 is 5.97 Å². The summed E-state index contributed by atoms with van der Waals surface area (Å²) < 4.78 is 0. The van der Waals surface area contributed by atoms with Crippen molar-refractivity contribution in [2.75, 3.05) is 0 Å². The summed E-state index contributed by atoms with van der Waals surface area (Å²) in [5, 5.41) is 18.8. The Bertz CT molecular complexity index is 195. The molecular formula is C4H6N2O5. The van der Waals surface area contributed by atoms with E-state index in [1.807, 2.05) is 5.34 Å². The van der Waals surface area contributed by atoms with E-state index in [-0.39, 0.29) is 0 Å². The van der Waals surface area contributed by atoms with Crippen LogP contribution in [0.25, 0.3) is 0 Å². The number of rotatable bonds is 4. The number of aliphatic hydroxyl groups excluding tert-OH is 1. The van der Waals surface area contributed by atoms with E-state index in [1.165, 1.54) is 0 Å². The number of nitrogens with zero attached hydrogens (tertiary/aromatic N) is 1. The van der Waals surface area contributed by atoms with E-state index >= 15 is 0 Å². The van der Waals surface area contributed by atoms with Crippen LogP contribution in [0.3, 0.4) is 0 Å². The molecule has 0 atom stereocenters. The molecule has 7 nitrogen and oxygen atoms in total. The van der Waals surface area contributed by atoms with Gasteiger partial charge in [0.25, 0.3) is 0 Å². The zero-order chi connectivity index (χ0) is 8.85. The molecule has 0 aromatic rings. The largest absolute Gasteiger partial charge is 0.510 e. The first-order valence-electron chi connectivity index (χ1n) is 2.47. The van der Waals surface area contributed by atoms with Crippen molar-refractivity contribution in [1.29, 1.82) is 0 Å². The Labute approximate surface area is 61.2 Å². The third-order valence-corrected chi connectivity index (χ3v) is 0.761. The molecular weight excluding hydrogens is 156 g/mol. The minimum Gasteiger partial charge on any atom is -0.510 e. The van der Waals surface area contributed by atoms with Crippen LogP contribution >= 0.6 is 0 Å². The standard InChI is InChI=1S/C4H6N2O5/c1-2(7)3(4(8)9)5-11-6-10/h5,7H,1H3,(H,8,9). The molecule has 0 bridgehead atoms. The predicted molar refractivity (Wildman–Crippen MR) is 33.0 cm³/mol. The fraction of sp³-hybridized carbons (Fsp3) is 0.250. The van der Waals surface area contributed by atoms with Crippen LogP contribution in [0.2, 0.25) is 0 Å². The van der Waals surface area contributed by atoms with Crippen molar-refractivity contribution in [3.05, 3.63) is 16.4 Å². The molecule has 11 heavy (non-hydrogen) atoms. The van der Waals surface area contributed by atoms with Gasteiger partial charge in [0.15, 0.2) is 11.0 Å². The SMILES string of the molecule is CC(O)=C(NON=O)C(=O)O. The smallest absolute Gasteiger partial charge is 0.358 e. The van der Waals surface area contributed by atoms with Crippen LogP contribution in [0, 0.1) is 4.91 Å². The minimum atomic E-state index is -1.45. The average molecular weight is 162 g/mol. The zero-order valence-electron chi connectivity index (χ0n) is 5.57. The number of nitrogens with one attached hydrogen (secondary N) is 1. The topological polar surface area (TPSA) is 108 Å². The summed E-state index contributed by atoms with van der Waals surface area (Å²) in [6.07, 6.45) is 0. The summed E-state index contributed by atoms with van der Waals surface area (Å²) in [6.45, 7) is 1.12. The maximum Gasteiger partial charge on any atom is 0.358 e. The number of hydroxylamine groups is 1. The number of aliphatic hydroxyl groups is 1. The normalized spacial score (nSPS) is 11.4. The van der Waals surface area contributed by atoms with Gasteiger partial charge in [-0.2, -0.15) is 5.48 Å². The molecule has 0 heterocycles. The molecule has 0 aliphatic carbocycles. The Balaban J connectivity index is 4.25. The molecule has 0 aromatic heterocycles. The molecule has 0 aliphatic rings. The number of carboxylic acids is 1. The Morgan fingerprint density at radius 2 is 2.09 bits per heavy atom. The summed E-state index contributed by atoms with van der Waals surface area (Å²) in [4.78, 5) is 23.1. The number of hydrogen-bond donors (Lipinski definition) is 3. The van der Waals surface area contributed by atoms with Gasteiger partial charge in [0.1, 0.15) is 5.76 Å². The van der Waals surface area contributed by atoms with Gasteiger partial charge in [-0.3, -0.25) is 0 Å². The predicted octanol–water partition coefficient (Wildman–Crippen LogP) is 0.0631. The van der Waals surface area contributed by atoms with Crippen LogP contribution in [0.15, 0.2) is 16.8 Å². The van der Waals surface area contributed by atoms with Gasteiger partial charge in [0, 0.05) is 0 Å². The monoisotopic (exact) mass is 162 g/mol. The van der Waals surface area contributed by atoms with E-state index in [9.17, 15) is 9.70 Å². The van der Waals surface area contributed by atoms with E-state index in [0.717, 1.165) is 6.92 Å². The van der Waals surface area contributed by atoms with Crippen molar-refractivity contribution < 1.29 is 19.9 Å². The third-order valence-electron chi connectivity index (χ3n) is 0.761. The zero-order valence-corrected chi connectivity index (χ0v) is 5.57. The van der Waals surface area contributed by atoms with Gasteiger partial charge < -0.3 is 10.2 Å². The van der Waals surface area contributed by atoms with Crippen LogP contribution < -0.4 is 5.48 Å². The van der Waals surface area contributed by atoms with E-state index in [0.29, 0.717) is 0 Å². The van der Waals surface area contributed by atoms with Gasteiger partial charge in [-0.25, -0.2) is 9.73 Å². The lowest BCUT2D eigenvalue weighted by Gasteiger charge is -2.00. The van der Waals surface area contributed by atoms with Gasteiger partial charge in [-0.15, -0.1) is 4.91 Å². The van der Waals surface area contributed by atoms with E-state index in [4.69, 9.17) is 10.2 Å². The van der Waals surface area contributed by atoms with Crippen molar-refractivity contribution in [1.82, 2.24) is 5.48 Å². The number of allylic oxidation sites excluding steroid dienone is 1. The Morgan fingerprint density at radius 1 is 1.55 bits per heavy atom. The van der Waals surface area contributed by atoms with Gasteiger partial charge in [-0.1, -0.05) is 0 Å². The second-order valence-corrected chi connectivity index (χ2v) is 1.53. The first-order chi connectivity index (χ1) is 5.09. The molecule has 0 unspecified atom stereocenters. The Hall–Kier alpha value is -1.79. The highest BCUT2D eigenvalue weighted by Gasteiger charge is 2.11. The van der Waals surface area contributed by atoms with Crippen LogP contribution in [-0.2, 0) is 9.73 Å². The minimum absolute atomic E-state index is 0.513. The summed E-state index contributed by atoms with van der Waals surface area (Å²) in [7, 11) is 0. The third kappa shape index (κ3) is 3.04. The lowest BCUT2D eigenvalue weighted by atomic mass is 10.4. The molecule has 0 fully saturated rings. The Kier molecular flexibility index (Phi) is 3.43. The van der Waals surface area contributed by atoms with Crippen LogP contribution in [0.5, 0.6) is 0 Å². The first-order valence-corrected chi connectivity index (χ1v) is 2.47. The van der Waals surface area contributed by atoms with Crippen LogP contribution in [0.1, 0.15) is 6.92 Å². The Morgan fingerprint density at radius 3 is 2.36 bits per heavy atom. The van der Waals surface area contributed by atoms with E-state index in [1.54, 1.807) is 5.48 Å². The highest BCUT2D eigenvalue weighted by Crippen LogP contribution is 1.96. The van der Waals surface area contributed by atoms with Gasteiger partial charge in [0.05, 0.1) is 0 Å². The van der Waals surface area contributed by atoms with Gasteiger partial charge in [-0.05, 0) is 6.92 Å². The molecule has 7 heteroatoms. The molecule has 0 aliphatic heterocycles. The number of hydrogen-bond acceptors (Lipinski definition) is 6. The quantitative estimate of drug-likeness (QED) is 0.233. The molecule has 0 spiro atoms. The van der Waals surface area contributed by atoms with Crippen LogP contribution in [0.4, 0.5) is 0 Å². The first kappa shape index (κ1) is 9.21. The van der Waals surface area contributed by atoms with E-state index < -0.39 is 17.4 Å². The van der Waals surface area contributed by atoms with Crippen molar-refractivity contribution in [2.45, 2.75) is 6.92 Å². The molecule has 0 amide bonds. The summed E-state index contributed by atoms with van der Waals surface area (Å²) in [5.41, 5.74) is 0.985. The van der Waals surface area contributed by atoms with Crippen LogP contribution in [-0.4, -0.2) is 16.2 Å². The molecule has 0 rings (SSSR count). The molecule has 0 saturated heterocycles. The van der Waals surface area contributed by atoms with Crippen molar-refractivity contribution in [2.24, 2.45) is 5.34 Å². The molecule has 62 valence electrons. The lowest BCUT2D eigenvalue weighted by molar-refractivity contribution is -0.135. The fourth-order valence-electron chi connectivity index (χ4n) is 0.337. The van der Waals surface area contributed by atoms with E-state index in [2.05, 4.69) is 4.94 Å². The molecule has 0 radical (unpaired) electrons. The average Bonchev–Trinajstić information content (AvgIpc) is 1.87. The highest BCUT2D eigenvalue weighted by molar-refractivity contribution is 5.85. The number of aliphatic carboxylic acids is 1. The van der Waals surface area contributed by atoms with Gasteiger partial charge in [0.2, 0.25) is 0 Å². The number of carbonyl (C=O) groups is 1. The summed E-state index contributed by atoms with van der Waals surface area (Å²) in [5.74, 6) is -1.96. The second-order valence-electron chi connectivity index (χ2n) is 1.53. The lowest BCUT2D eigenvalue weighted by Crippen LogP contribution is -2.20. The molecule has 3 N–H and O–H groups in total. The van der Waals surface area contributed by atoms with Crippen molar-refractivity contribution >= 4 is 5.97 Å². The maximum atomic E-state index is 10.1. The van der Waals surface area contributed by atoms with Crippen molar-refractivity contribution in [3.63, 3.8) is 0 Å². The van der Waals surface area contributed by atoms with Crippen molar-refractivity contribution in [3.8, 4) is 0 Å². The summed E-state index contributed by atoms with van der Waals surface area (Å²) >= 11 is 0. The molecule has 0 aromatic carbocycles. The summed E-state index contributed by atoms with van der Waals surface area (Å²) in [6, 6.07) is 0. The highest BCUT2D eigenvalue weighted by atomic mass is 16.8. The fourth-order valence-corrected chi connectivity index (χ4v) is 0.337. The number of carboxylic acid groups (broad SMARTS) is 1. The molecule has 0 saturated carbocycles. The maximum absolute atomic E-state index is 10.1.